The minimum atomic E-state index is -0.147. The number of benzene rings is 3. The van der Waals surface area contributed by atoms with E-state index in [1.807, 2.05) is 60.4 Å². The van der Waals surface area contributed by atoms with E-state index in [-0.39, 0.29) is 11.7 Å². The summed E-state index contributed by atoms with van der Waals surface area (Å²) in [5, 5.41) is 0. The lowest BCUT2D eigenvalue weighted by Crippen LogP contribution is -2.49. The number of hydrogen-bond acceptors (Lipinski definition) is 6. The quantitative estimate of drug-likeness (QED) is 0.347. The number of ketones is 1. The fourth-order valence-corrected chi connectivity index (χ4v) is 4.49. The second kappa shape index (κ2) is 11.0. The largest absolute Gasteiger partial charge is 0.494 e. The minimum absolute atomic E-state index is 0.128. The predicted octanol–water partition coefficient (Wildman–Crippen LogP) is 4.74. The molecule has 0 radical (unpaired) electrons. The van der Waals surface area contributed by atoms with Crippen molar-refractivity contribution in [1.29, 1.82) is 0 Å². The van der Waals surface area contributed by atoms with Gasteiger partial charge in [-0.2, -0.15) is 0 Å². The fourth-order valence-electron chi connectivity index (χ4n) is 4.49. The Morgan fingerprint density at radius 1 is 0.811 bits per heavy atom. The molecule has 1 saturated heterocycles. The van der Waals surface area contributed by atoms with Crippen molar-refractivity contribution >= 4 is 17.5 Å². The molecule has 1 aromatic heterocycles. The van der Waals surface area contributed by atoms with Gasteiger partial charge in [-0.3, -0.25) is 9.59 Å². The van der Waals surface area contributed by atoms with Gasteiger partial charge < -0.3 is 14.5 Å². The summed E-state index contributed by atoms with van der Waals surface area (Å²) < 4.78 is 5.53. The number of rotatable bonds is 7. The van der Waals surface area contributed by atoms with Gasteiger partial charge >= 0.3 is 0 Å². The lowest BCUT2D eigenvalue weighted by molar-refractivity contribution is 0.0742. The van der Waals surface area contributed by atoms with Crippen LogP contribution in [0.3, 0.4) is 0 Å². The van der Waals surface area contributed by atoms with Gasteiger partial charge in [0.1, 0.15) is 17.9 Å². The van der Waals surface area contributed by atoms with Crippen LogP contribution in [0.5, 0.6) is 5.75 Å². The highest BCUT2D eigenvalue weighted by molar-refractivity contribution is 6.15. The maximum atomic E-state index is 13.4. The molecule has 0 saturated carbocycles. The summed E-state index contributed by atoms with van der Waals surface area (Å²) in [6.07, 6.45) is 1.57. The Kier molecular flexibility index (Phi) is 7.21. The van der Waals surface area contributed by atoms with Crippen molar-refractivity contribution in [3.05, 3.63) is 108 Å². The van der Waals surface area contributed by atoms with Crippen molar-refractivity contribution in [2.24, 2.45) is 0 Å². The molecule has 7 heteroatoms. The molecule has 1 aliphatic rings. The van der Waals surface area contributed by atoms with Crippen LogP contribution in [0, 0.1) is 0 Å². The van der Waals surface area contributed by atoms with Gasteiger partial charge in [0, 0.05) is 48.9 Å². The molecule has 0 aliphatic carbocycles. The van der Waals surface area contributed by atoms with Crippen molar-refractivity contribution in [3.8, 4) is 17.0 Å². The molecular formula is C30H28N4O3. The maximum absolute atomic E-state index is 13.4. The van der Waals surface area contributed by atoms with Gasteiger partial charge in [-0.25, -0.2) is 9.97 Å². The Bertz CT molecular complexity index is 1380. The number of amides is 1. The standard InChI is InChI=1S/C30H28N4O3/c1-2-37-24-14-12-22(13-15-24)27-20-28(32-21-31-27)33-16-18-34(19-17-33)30(36)26-11-7-6-10-25(26)29(35)23-8-4-3-5-9-23/h3-15,20-21H,2,16-19H2,1H3. The van der Waals surface area contributed by atoms with Gasteiger partial charge in [-0.05, 0) is 37.3 Å². The molecule has 0 N–H and O–H groups in total. The van der Waals surface area contributed by atoms with Crippen LogP contribution < -0.4 is 9.64 Å². The third kappa shape index (κ3) is 5.35. The number of piperazine rings is 1. The van der Waals surface area contributed by atoms with E-state index in [1.165, 1.54) is 0 Å². The van der Waals surface area contributed by atoms with Crippen LogP contribution in [0.25, 0.3) is 11.3 Å². The second-order valence-corrected chi connectivity index (χ2v) is 8.74. The summed E-state index contributed by atoms with van der Waals surface area (Å²) >= 11 is 0. The van der Waals surface area contributed by atoms with Crippen LogP contribution >= 0.6 is 0 Å². The first kappa shape index (κ1) is 24.2. The maximum Gasteiger partial charge on any atom is 0.254 e. The van der Waals surface area contributed by atoms with E-state index >= 15 is 0 Å². The Labute approximate surface area is 216 Å². The number of hydrogen-bond donors (Lipinski definition) is 0. The SMILES string of the molecule is CCOc1ccc(-c2cc(N3CCN(C(=O)c4ccccc4C(=O)c4ccccc4)CC3)ncn2)cc1. The molecule has 37 heavy (non-hydrogen) atoms. The topological polar surface area (TPSA) is 75.6 Å². The average Bonchev–Trinajstić information content (AvgIpc) is 2.97. The fraction of sp³-hybridized carbons (Fsp3) is 0.200. The van der Waals surface area contributed by atoms with Crippen LogP contribution in [0.15, 0.2) is 91.3 Å². The predicted molar refractivity (Wildman–Crippen MR) is 143 cm³/mol. The lowest BCUT2D eigenvalue weighted by atomic mass is 9.97. The summed E-state index contributed by atoms with van der Waals surface area (Å²) in [5.74, 6) is 1.38. The molecule has 5 rings (SSSR count). The monoisotopic (exact) mass is 492 g/mol. The lowest BCUT2D eigenvalue weighted by Gasteiger charge is -2.35. The van der Waals surface area contributed by atoms with Crippen LogP contribution in [0.2, 0.25) is 0 Å². The van der Waals surface area contributed by atoms with E-state index in [9.17, 15) is 9.59 Å². The van der Waals surface area contributed by atoms with E-state index in [0.717, 1.165) is 22.8 Å². The zero-order chi connectivity index (χ0) is 25.6. The van der Waals surface area contributed by atoms with Gasteiger partial charge in [-0.15, -0.1) is 0 Å². The van der Waals surface area contributed by atoms with Gasteiger partial charge in [-0.1, -0.05) is 48.5 Å². The number of carbonyl (C=O) groups excluding carboxylic acids is 2. The molecule has 1 aliphatic heterocycles. The second-order valence-electron chi connectivity index (χ2n) is 8.74. The third-order valence-electron chi connectivity index (χ3n) is 6.44. The van der Waals surface area contributed by atoms with Crippen LogP contribution in [-0.4, -0.2) is 59.3 Å². The van der Waals surface area contributed by atoms with Crippen molar-refractivity contribution in [3.63, 3.8) is 0 Å². The van der Waals surface area contributed by atoms with E-state index in [2.05, 4.69) is 14.9 Å². The summed E-state index contributed by atoms with van der Waals surface area (Å²) in [4.78, 5) is 39.4. The molecule has 0 bridgehead atoms. The summed E-state index contributed by atoms with van der Waals surface area (Å²) in [6, 6.07) is 25.9. The summed E-state index contributed by atoms with van der Waals surface area (Å²) in [5.41, 5.74) is 3.25. The molecule has 186 valence electrons. The molecule has 2 heterocycles. The first-order valence-corrected chi connectivity index (χ1v) is 12.4. The average molecular weight is 493 g/mol. The molecule has 0 atom stereocenters. The first-order chi connectivity index (χ1) is 18.1. The highest BCUT2D eigenvalue weighted by Crippen LogP contribution is 2.24. The molecule has 7 nitrogen and oxygen atoms in total. The summed E-state index contributed by atoms with van der Waals surface area (Å²) in [6.45, 7) is 4.94. The van der Waals surface area contributed by atoms with Gasteiger partial charge in [0.2, 0.25) is 0 Å². The highest BCUT2D eigenvalue weighted by atomic mass is 16.5. The molecule has 3 aromatic carbocycles. The molecular weight excluding hydrogens is 464 g/mol. The molecule has 0 unspecified atom stereocenters. The van der Waals surface area contributed by atoms with Gasteiger partial charge in [0.05, 0.1) is 17.9 Å². The normalized spacial score (nSPS) is 13.3. The molecule has 0 spiro atoms. The van der Waals surface area contributed by atoms with E-state index < -0.39 is 0 Å². The van der Waals surface area contributed by atoms with E-state index in [0.29, 0.717) is 49.5 Å². The first-order valence-electron chi connectivity index (χ1n) is 12.4. The zero-order valence-electron chi connectivity index (χ0n) is 20.7. The Balaban J connectivity index is 1.27. The van der Waals surface area contributed by atoms with Crippen LogP contribution in [0.1, 0.15) is 33.2 Å². The third-order valence-corrected chi connectivity index (χ3v) is 6.44. The minimum Gasteiger partial charge on any atom is -0.494 e. The number of carbonyl (C=O) groups is 2. The van der Waals surface area contributed by atoms with E-state index in [4.69, 9.17) is 4.74 Å². The van der Waals surface area contributed by atoms with Crippen molar-refractivity contribution in [1.82, 2.24) is 14.9 Å². The number of nitrogens with zero attached hydrogens (tertiary/aromatic N) is 4. The Morgan fingerprint density at radius 2 is 1.49 bits per heavy atom. The van der Waals surface area contributed by atoms with Crippen LogP contribution in [0.4, 0.5) is 5.82 Å². The molecule has 1 amide bonds. The van der Waals surface area contributed by atoms with Crippen molar-refractivity contribution in [2.45, 2.75) is 6.92 Å². The highest BCUT2D eigenvalue weighted by Gasteiger charge is 2.26. The van der Waals surface area contributed by atoms with Crippen molar-refractivity contribution < 1.29 is 14.3 Å². The Morgan fingerprint density at radius 3 is 2.19 bits per heavy atom. The smallest absolute Gasteiger partial charge is 0.254 e. The Hall–Kier alpha value is -4.52. The summed E-state index contributed by atoms with van der Waals surface area (Å²) in [7, 11) is 0. The molecule has 1 fully saturated rings. The van der Waals surface area contributed by atoms with Crippen LogP contribution in [-0.2, 0) is 0 Å². The van der Waals surface area contributed by atoms with Gasteiger partial charge in [0.15, 0.2) is 5.78 Å². The number of anilines is 1. The number of aromatic nitrogens is 2. The number of ether oxygens (including phenoxy) is 1. The van der Waals surface area contributed by atoms with E-state index in [1.54, 1.807) is 42.7 Å². The zero-order valence-corrected chi connectivity index (χ0v) is 20.7. The molecule has 4 aromatic rings. The van der Waals surface area contributed by atoms with Crippen molar-refractivity contribution in [2.75, 3.05) is 37.7 Å². The van der Waals surface area contributed by atoms with Gasteiger partial charge in [0.25, 0.3) is 5.91 Å².